The summed E-state index contributed by atoms with van der Waals surface area (Å²) in [7, 11) is -8.84. The molecule has 1 saturated heterocycles. The fourth-order valence-electron chi connectivity index (χ4n) is 0.452. The molecule has 12 heteroatoms. The molecule has 0 atom stereocenters. The van der Waals surface area contributed by atoms with E-state index in [0.717, 1.165) is 0 Å². The van der Waals surface area contributed by atoms with Crippen molar-refractivity contribution < 1.29 is 16.5 Å². The fourth-order valence-corrected chi connectivity index (χ4v) is 13.6. The van der Waals surface area contributed by atoms with E-state index < -0.39 is 34.4 Å². The first-order chi connectivity index (χ1) is 5.41. The lowest BCUT2D eigenvalue weighted by atomic mass is 15.7. The summed E-state index contributed by atoms with van der Waals surface area (Å²) in [5.74, 6) is 0. The molecule has 1 aliphatic heterocycles. The van der Waals surface area contributed by atoms with Gasteiger partial charge >= 0.3 is 14.4 Å². The Balaban J connectivity index is 2.58. The molecule has 0 aromatic heterocycles. The summed E-state index contributed by atoms with van der Waals surface area (Å²) in [6.07, 6.45) is 0. The Morgan fingerprint density at radius 2 is 1.25 bits per heavy atom. The predicted molar refractivity (Wildman–Crippen MR) is 56.3 cm³/mol. The monoisotopic (exact) mass is 320 g/mol. The maximum atomic E-state index is 5.65. The molecule has 12 heavy (non-hydrogen) atoms. The summed E-state index contributed by atoms with van der Waals surface area (Å²) >= 11 is 22.6. The highest BCUT2D eigenvalue weighted by Crippen LogP contribution is 2.29. The second-order valence-electron chi connectivity index (χ2n) is 1.76. The molecule has 1 fully saturated rings. The van der Waals surface area contributed by atoms with Gasteiger partial charge in [0.2, 0.25) is 0 Å². The molecule has 0 radical (unpaired) electrons. The lowest BCUT2D eigenvalue weighted by Crippen LogP contribution is -2.47. The van der Waals surface area contributed by atoms with Crippen LogP contribution in [0.2, 0.25) is 0 Å². The van der Waals surface area contributed by atoms with E-state index in [4.69, 9.17) is 60.8 Å². The predicted octanol–water partition coefficient (Wildman–Crippen LogP) is -0.110. The molecule has 0 bridgehead atoms. The van der Waals surface area contributed by atoms with Crippen molar-refractivity contribution in [1.82, 2.24) is 0 Å². The molecule has 1 rings (SSSR count). The summed E-state index contributed by atoms with van der Waals surface area (Å²) in [5.41, 5.74) is 0. The molecule has 0 N–H and O–H groups in total. The molecule has 4 nitrogen and oxygen atoms in total. The van der Waals surface area contributed by atoms with Gasteiger partial charge in [0, 0.05) is 0 Å². The molecule has 0 aromatic carbocycles. The second kappa shape index (κ2) is 4.59. The molecule has 0 amide bonds. The summed E-state index contributed by atoms with van der Waals surface area (Å²) in [5, 5.41) is 0. The first-order valence-corrected chi connectivity index (χ1v) is 12.7. The van der Waals surface area contributed by atoms with E-state index in [9.17, 15) is 0 Å². The van der Waals surface area contributed by atoms with Gasteiger partial charge in [0.25, 0.3) is 20.0 Å². The zero-order valence-electron chi connectivity index (χ0n) is 5.56. The van der Waals surface area contributed by atoms with Crippen molar-refractivity contribution >= 4 is 78.7 Å². The number of rotatable bonds is 0. The normalized spacial score (nSPS) is 33.0. The van der Waals surface area contributed by atoms with Crippen LogP contribution in [0, 0.1) is 0 Å². The third-order valence-electron chi connectivity index (χ3n) is 0.858. The smallest absolute Gasteiger partial charge is 0.425 e. The van der Waals surface area contributed by atoms with Gasteiger partial charge in [-0.3, -0.25) is 0 Å². The van der Waals surface area contributed by atoms with Crippen LogP contribution in [0.3, 0.4) is 0 Å². The van der Waals surface area contributed by atoms with Crippen molar-refractivity contribution in [2.45, 2.75) is 0 Å². The van der Waals surface area contributed by atoms with Crippen LogP contribution in [0.4, 0.5) is 0 Å². The third-order valence-corrected chi connectivity index (χ3v) is 14.4. The maximum absolute atomic E-state index is 5.65. The van der Waals surface area contributed by atoms with Crippen molar-refractivity contribution in [3.05, 3.63) is 0 Å². The van der Waals surface area contributed by atoms with Crippen LogP contribution in [0.5, 0.6) is 0 Å². The Kier molecular flexibility index (Phi) is 4.57. The quantitative estimate of drug-likeness (QED) is 0.461. The Morgan fingerprint density at radius 1 is 0.833 bits per heavy atom. The van der Waals surface area contributed by atoms with Crippen LogP contribution >= 0.6 is 44.3 Å². The van der Waals surface area contributed by atoms with Crippen LogP contribution in [0.15, 0.2) is 0 Å². The minimum atomic E-state index is -3.23. The molecular formula is H4Cl4O4Si4. The molecule has 1 aliphatic rings. The van der Waals surface area contributed by atoms with Crippen LogP contribution in [0.1, 0.15) is 0 Å². The average Bonchev–Trinajstić information content (AvgIpc) is 1.80. The molecule has 0 aliphatic carbocycles. The van der Waals surface area contributed by atoms with Gasteiger partial charge in [-0.15, -0.1) is 0 Å². The Bertz CT molecular complexity index is 145. The van der Waals surface area contributed by atoms with Crippen LogP contribution < -0.4 is 0 Å². The molecule has 1 heterocycles. The van der Waals surface area contributed by atoms with Crippen molar-refractivity contribution in [3.8, 4) is 0 Å². The Hall–Kier alpha value is 1.87. The third kappa shape index (κ3) is 4.39. The zero-order chi connectivity index (χ0) is 9.24. The van der Waals surface area contributed by atoms with E-state index in [-0.39, 0.29) is 0 Å². The summed E-state index contributed by atoms with van der Waals surface area (Å²) in [6, 6.07) is 0. The van der Waals surface area contributed by atoms with Crippen molar-refractivity contribution in [2.24, 2.45) is 0 Å². The molecule has 0 unspecified atom stereocenters. The lowest BCUT2D eigenvalue weighted by Gasteiger charge is -2.27. The minimum absolute atomic E-state index is 1.19. The van der Waals surface area contributed by atoms with Gasteiger partial charge in [-0.2, -0.15) is 0 Å². The average molecular weight is 322 g/mol. The van der Waals surface area contributed by atoms with Crippen LogP contribution in [-0.4, -0.2) is 34.4 Å². The fraction of sp³-hybridized carbons (Fsp3) is 0. The largest absolute Gasteiger partial charge is 0.534 e. The SMILES string of the molecule is Cl[Si]1(Cl)O[SiH2]O[SiH2]O[Si](Cl)(Cl)O1. The van der Waals surface area contributed by atoms with Gasteiger partial charge in [0.05, 0.1) is 0 Å². The Labute approximate surface area is 94.8 Å². The molecule has 0 saturated carbocycles. The highest BCUT2D eigenvalue weighted by Gasteiger charge is 2.48. The zero-order valence-corrected chi connectivity index (χ0v) is 13.4. The van der Waals surface area contributed by atoms with Crippen molar-refractivity contribution in [3.63, 3.8) is 0 Å². The van der Waals surface area contributed by atoms with Crippen LogP contribution in [-0.2, 0) is 16.5 Å². The van der Waals surface area contributed by atoms with E-state index in [1.165, 1.54) is 0 Å². The van der Waals surface area contributed by atoms with Crippen molar-refractivity contribution in [1.29, 1.82) is 0 Å². The summed E-state index contributed by atoms with van der Waals surface area (Å²) in [6.45, 7) is 0. The van der Waals surface area contributed by atoms with E-state index in [1.54, 1.807) is 0 Å². The van der Waals surface area contributed by atoms with Crippen LogP contribution in [0.25, 0.3) is 0 Å². The highest BCUT2D eigenvalue weighted by atomic mass is 35.7. The summed E-state index contributed by atoms with van der Waals surface area (Å²) in [4.78, 5) is 0. The molecular weight excluding hydrogens is 318 g/mol. The summed E-state index contributed by atoms with van der Waals surface area (Å²) < 4.78 is 20.0. The standard InChI is InChI=1S/Cl4H4O4Si4/c1-11(2)6-9-5-10-7-12(3,4)8-11/h9-10H2. The number of halogens is 4. The van der Waals surface area contributed by atoms with Gasteiger partial charge in [0.15, 0.2) is 0 Å². The Morgan fingerprint density at radius 3 is 1.67 bits per heavy atom. The van der Waals surface area contributed by atoms with E-state index in [0.29, 0.717) is 0 Å². The maximum Gasteiger partial charge on any atom is 0.534 e. The second-order valence-corrected chi connectivity index (χ2v) is 16.0. The van der Waals surface area contributed by atoms with Gasteiger partial charge in [0.1, 0.15) is 0 Å². The molecule has 0 spiro atoms. The first kappa shape index (κ1) is 11.9. The first-order valence-electron chi connectivity index (χ1n) is 2.73. The topological polar surface area (TPSA) is 36.9 Å². The molecule has 0 aromatic rings. The van der Waals surface area contributed by atoms with Gasteiger partial charge < -0.3 is 16.5 Å². The number of hydrogen-bond donors (Lipinski definition) is 0. The van der Waals surface area contributed by atoms with Gasteiger partial charge in [-0.25, -0.2) is 0 Å². The lowest BCUT2D eigenvalue weighted by molar-refractivity contribution is 0.324. The van der Waals surface area contributed by atoms with E-state index >= 15 is 0 Å². The van der Waals surface area contributed by atoms with Crippen molar-refractivity contribution in [2.75, 3.05) is 0 Å². The van der Waals surface area contributed by atoms with E-state index in [2.05, 4.69) is 0 Å². The van der Waals surface area contributed by atoms with Gasteiger partial charge in [-0.05, 0) is 0 Å². The number of hydrogen-bond acceptors (Lipinski definition) is 4. The minimum Gasteiger partial charge on any atom is -0.425 e. The molecule has 72 valence electrons. The highest BCUT2D eigenvalue weighted by molar-refractivity contribution is 7.48. The van der Waals surface area contributed by atoms with Gasteiger partial charge in [-0.1, -0.05) is 44.3 Å². The van der Waals surface area contributed by atoms with E-state index in [1.807, 2.05) is 0 Å².